The first-order chi connectivity index (χ1) is 14.4. The first-order valence-electron chi connectivity index (χ1n) is 10.2. The van der Waals surface area contributed by atoms with Crippen LogP contribution in [0.5, 0.6) is 11.5 Å². The van der Waals surface area contributed by atoms with Crippen molar-refractivity contribution in [2.24, 2.45) is 0 Å². The molecule has 0 saturated heterocycles. The number of hydrogen-bond acceptors (Lipinski definition) is 2. The largest absolute Gasteiger partial charge is 0.508 e. The molecule has 1 aliphatic rings. The second kappa shape index (κ2) is 6.50. The molecule has 0 aromatic heterocycles. The van der Waals surface area contributed by atoms with E-state index in [1.807, 2.05) is 26.0 Å². The van der Waals surface area contributed by atoms with Gasteiger partial charge in [-0.05, 0) is 83.0 Å². The molecule has 4 aromatic carbocycles. The lowest BCUT2D eigenvalue weighted by Crippen LogP contribution is -2.28. The number of benzene rings is 4. The minimum absolute atomic E-state index is 0.298. The zero-order valence-corrected chi connectivity index (χ0v) is 17.4. The normalized spacial score (nSPS) is 13.7. The van der Waals surface area contributed by atoms with E-state index >= 15 is 0 Å². The van der Waals surface area contributed by atoms with Gasteiger partial charge in [0.05, 0.1) is 5.41 Å². The van der Waals surface area contributed by atoms with Crippen molar-refractivity contribution < 1.29 is 10.2 Å². The zero-order valence-electron chi connectivity index (χ0n) is 17.4. The van der Waals surface area contributed by atoms with Crippen molar-refractivity contribution >= 4 is 0 Å². The van der Waals surface area contributed by atoms with Crippen LogP contribution in [0.2, 0.25) is 0 Å². The van der Waals surface area contributed by atoms with Gasteiger partial charge in [-0.15, -0.1) is 0 Å². The summed E-state index contributed by atoms with van der Waals surface area (Å²) in [6.45, 7) is 6.04. The van der Waals surface area contributed by atoms with Gasteiger partial charge in [0.1, 0.15) is 11.5 Å². The topological polar surface area (TPSA) is 40.5 Å². The van der Waals surface area contributed by atoms with E-state index in [1.54, 1.807) is 12.1 Å². The molecular formula is C28H24O2. The predicted molar refractivity (Wildman–Crippen MR) is 121 cm³/mol. The van der Waals surface area contributed by atoms with Gasteiger partial charge in [0.25, 0.3) is 0 Å². The molecule has 2 N–H and O–H groups in total. The molecule has 0 bridgehead atoms. The molecule has 2 heteroatoms. The third-order valence-electron chi connectivity index (χ3n) is 6.54. The van der Waals surface area contributed by atoms with Gasteiger partial charge in [-0.1, -0.05) is 66.7 Å². The van der Waals surface area contributed by atoms with Gasteiger partial charge in [-0.25, -0.2) is 0 Å². The predicted octanol–water partition coefficient (Wildman–Crippen LogP) is 6.39. The van der Waals surface area contributed by atoms with Crippen LogP contribution in [-0.4, -0.2) is 10.2 Å². The van der Waals surface area contributed by atoms with Crippen LogP contribution in [0.3, 0.4) is 0 Å². The molecule has 2 nitrogen and oxygen atoms in total. The van der Waals surface area contributed by atoms with Gasteiger partial charge in [0.15, 0.2) is 0 Å². The Labute approximate surface area is 177 Å². The van der Waals surface area contributed by atoms with E-state index in [4.69, 9.17) is 0 Å². The first kappa shape index (κ1) is 18.5. The molecule has 0 spiro atoms. The molecule has 0 fully saturated rings. The standard InChI is InChI=1S/C28H24O2/c1-17-7-6-10-24-27(17)22-8-4-5-9-23(22)28(24,20-11-13-25(29)18(2)15-20)21-12-14-26(30)19(3)16-21/h4-16,29-30H,1-3H3. The minimum atomic E-state index is -0.519. The number of aromatic hydroxyl groups is 2. The highest BCUT2D eigenvalue weighted by Crippen LogP contribution is 2.57. The lowest BCUT2D eigenvalue weighted by molar-refractivity contribution is 0.470. The highest BCUT2D eigenvalue weighted by molar-refractivity contribution is 5.88. The van der Waals surface area contributed by atoms with Gasteiger partial charge in [-0.3, -0.25) is 0 Å². The summed E-state index contributed by atoms with van der Waals surface area (Å²) in [5.41, 5.74) is 9.61. The lowest BCUT2D eigenvalue weighted by atomic mass is 9.67. The van der Waals surface area contributed by atoms with Gasteiger partial charge >= 0.3 is 0 Å². The van der Waals surface area contributed by atoms with Crippen molar-refractivity contribution in [3.8, 4) is 22.6 Å². The Morgan fingerprint density at radius 2 is 1.13 bits per heavy atom. The lowest BCUT2D eigenvalue weighted by Gasteiger charge is -2.34. The summed E-state index contributed by atoms with van der Waals surface area (Å²) < 4.78 is 0. The van der Waals surface area contributed by atoms with E-state index in [-0.39, 0.29) is 0 Å². The Morgan fingerprint density at radius 1 is 0.567 bits per heavy atom. The molecule has 1 aliphatic carbocycles. The highest BCUT2D eigenvalue weighted by atomic mass is 16.3. The smallest absolute Gasteiger partial charge is 0.118 e. The molecule has 30 heavy (non-hydrogen) atoms. The molecule has 5 rings (SSSR count). The maximum atomic E-state index is 10.2. The molecule has 0 heterocycles. The van der Waals surface area contributed by atoms with Gasteiger partial charge < -0.3 is 10.2 Å². The third-order valence-corrected chi connectivity index (χ3v) is 6.54. The SMILES string of the molecule is Cc1cc(C2(c3ccc(O)c(C)c3)c3ccccc3-c3c(C)cccc32)ccc1O. The van der Waals surface area contributed by atoms with Crippen LogP contribution in [0.15, 0.2) is 78.9 Å². The van der Waals surface area contributed by atoms with Crippen molar-refractivity contribution in [1.82, 2.24) is 0 Å². The van der Waals surface area contributed by atoms with E-state index in [0.29, 0.717) is 11.5 Å². The van der Waals surface area contributed by atoms with E-state index in [9.17, 15) is 10.2 Å². The number of phenols is 2. The number of phenolic OH excluding ortho intramolecular Hbond substituents is 2. The second-order valence-electron chi connectivity index (χ2n) is 8.30. The van der Waals surface area contributed by atoms with Crippen LogP contribution >= 0.6 is 0 Å². The van der Waals surface area contributed by atoms with Crippen LogP contribution in [0.4, 0.5) is 0 Å². The van der Waals surface area contributed by atoms with Crippen molar-refractivity contribution in [3.05, 3.63) is 118 Å². The molecule has 0 radical (unpaired) electrons. The molecule has 0 amide bonds. The third kappa shape index (κ3) is 2.37. The summed E-state index contributed by atoms with van der Waals surface area (Å²) in [7, 11) is 0. The number of aryl methyl sites for hydroxylation is 3. The fourth-order valence-corrected chi connectivity index (χ4v) is 5.08. The van der Waals surface area contributed by atoms with Gasteiger partial charge in [0.2, 0.25) is 0 Å². The number of fused-ring (bicyclic) bond motifs is 3. The molecule has 0 aliphatic heterocycles. The Kier molecular flexibility index (Phi) is 4.01. The Balaban J connectivity index is 1.99. The molecular weight excluding hydrogens is 368 g/mol. The van der Waals surface area contributed by atoms with Crippen LogP contribution < -0.4 is 0 Å². The monoisotopic (exact) mass is 392 g/mol. The van der Waals surface area contributed by atoms with E-state index in [2.05, 4.69) is 61.5 Å². The molecule has 0 saturated carbocycles. The highest BCUT2D eigenvalue weighted by Gasteiger charge is 2.46. The fourth-order valence-electron chi connectivity index (χ4n) is 5.08. The summed E-state index contributed by atoms with van der Waals surface area (Å²) in [5.74, 6) is 0.595. The Morgan fingerprint density at radius 3 is 1.73 bits per heavy atom. The van der Waals surface area contributed by atoms with Gasteiger partial charge in [-0.2, -0.15) is 0 Å². The van der Waals surface area contributed by atoms with Crippen LogP contribution in [0.25, 0.3) is 11.1 Å². The van der Waals surface area contributed by atoms with Crippen molar-refractivity contribution in [3.63, 3.8) is 0 Å². The minimum Gasteiger partial charge on any atom is -0.508 e. The molecule has 0 unspecified atom stereocenters. The average molecular weight is 392 g/mol. The van der Waals surface area contributed by atoms with Crippen molar-refractivity contribution in [1.29, 1.82) is 0 Å². The Bertz CT molecular complexity index is 1250. The second-order valence-corrected chi connectivity index (χ2v) is 8.30. The molecule has 4 aromatic rings. The van der Waals surface area contributed by atoms with Crippen LogP contribution in [0, 0.1) is 20.8 Å². The number of hydrogen-bond donors (Lipinski definition) is 2. The maximum absolute atomic E-state index is 10.2. The maximum Gasteiger partial charge on any atom is 0.118 e. The van der Waals surface area contributed by atoms with Gasteiger partial charge in [0, 0.05) is 0 Å². The van der Waals surface area contributed by atoms with E-state index in [1.165, 1.54) is 27.8 Å². The summed E-state index contributed by atoms with van der Waals surface area (Å²) in [6, 6.07) is 26.9. The number of rotatable bonds is 2. The van der Waals surface area contributed by atoms with Crippen molar-refractivity contribution in [2.75, 3.05) is 0 Å². The average Bonchev–Trinajstić information content (AvgIpc) is 3.04. The first-order valence-corrected chi connectivity index (χ1v) is 10.2. The van der Waals surface area contributed by atoms with E-state index in [0.717, 1.165) is 22.3 Å². The van der Waals surface area contributed by atoms with Crippen LogP contribution in [0.1, 0.15) is 38.9 Å². The van der Waals surface area contributed by atoms with Crippen LogP contribution in [-0.2, 0) is 5.41 Å². The fraction of sp³-hybridized carbons (Fsp3) is 0.143. The zero-order chi connectivity index (χ0) is 21.0. The van der Waals surface area contributed by atoms with E-state index < -0.39 is 5.41 Å². The summed E-state index contributed by atoms with van der Waals surface area (Å²) in [6.07, 6.45) is 0. The quantitative estimate of drug-likeness (QED) is 0.366. The summed E-state index contributed by atoms with van der Waals surface area (Å²) in [5, 5.41) is 20.4. The molecule has 148 valence electrons. The summed E-state index contributed by atoms with van der Waals surface area (Å²) in [4.78, 5) is 0. The Hall–Kier alpha value is -3.52. The molecule has 0 atom stereocenters. The van der Waals surface area contributed by atoms with Crippen molar-refractivity contribution in [2.45, 2.75) is 26.2 Å². The summed E-state index contributed by atoms with van der Waals surface area (Å²) >= 11 is 0.